The Morgan fingerprint density at radius 2 is 2.00 bits per heavy atom. The van der Waals surface area contributed by atoms with Crippen molar-refractivity contribution in [2.75, 3.05) is 5.32 Å². The van der Waals surface area contributed by atoms with Crippen LogP contribution in [-0.4, -0.2) is 10.9 Å². The summed E-state index contributed by atoms with van der Waals surface area (Å²) >= 11 is 0. The first-order valence-electron chi connectivity index (χ1n) is 5.56. The van der Waals surface area contributed by atoms with E-state index in [0.29, 0.717) is 16.9 Å². The maximum Gasteiger partial charge on any atom is 0.274 e. The average molecular weight is 244 g/mol. The maximum absolute atomic E-state index is 12.9. The van der Waals surface area contributed by atoms with Gasteiger partial charge in [0.25, 0.3) is 5.91 Å². The molecule has 1 amide bonds. The Morgan fingerprint density at radius 1 is 1.22 bits per heavy atom. The summed E-state index contributed by atoms with van der Waals surface area (Å²) in [6.07, 6.45) is 1.63. The standard InChI is InChI=1S/C14H13FN2O/c1-9-3-5-13(16-8-9)14(18)17-12-6-4-11(15)7-10(12)2/h3-8H,1-2H3,(H,17,18). The summed E-state index contributed by atoms with van der Waals surface area (Å²) in [6.45, 7) is 3.64. The number of aromatic nitrogens is 1. The Morgan fingerprint density at radius 3 is 2.61 bits per heavy atom. The number of nitrogens with zero attached hydrogens (tertiary/aromatic N) is 1. The molecule has 0 fully saturated rings. The van der Waals surface area contributed by atoms with Crippen LogP contribution in [0.1, 0.15) is 21.6 Å². The second-order valence-corrected chi connectivity index (χ2v) is 4.13. The van der Waals surface area contributed by atoms with E-state index in [-0.39, 0.29) is 11.7 Å². The third-order valence-electron chi connectivity index (χ3n) is 2.58. The lowest BCUT2D eigenvalue weighted by Gasteiger charge is -2.08. The summed E-state index contributed by atoms with van der Waals surface area (Å²) in [7, 11) is 0. The lowest BCUT2D eigenvalue weighted by atomic mass is 10.2. The van der Waals surface area contributed by atoms with E-state index in [1.807, 2.05) is 13.0 Å². The molecule has 1 aromatic heterocycles. The minimum atomic E-state index is -0.320. The molecule has 1 N–H and O–H groups in total. The van der Waals surface area contributed by atoms with Gasteiger partial charge in [0.05, 0.1) is 0 Å². The lowest BCUT2D eigenvalue weighted by molar-refractivity contribution is 0.102. The zero-order chi connectivity index (χ0) is 13.1. The van der Waals surface area contributed by atoms with E-state index in [0.717, 1.165) is 5.56 Å². The highest BCUT2D eigenvalue weighted by Crippen LogP contribution is 2.16. The fourth-order valence-corrected chi connectivity index (χ4v) is 1.56. The number of anilines is 1. The molecule has 0 radical (unpaired) electrons. The number of rotatable bonds is 2. The first-order valence-corrected chi connectivity index (χ1v) is 5.56. The van der Waals surface area contributed by atoms with Crippen molar-refractivity contribution in [3.8, 4) is 0 Å². The second kappa shape index (κ2) is 4.96. The summed E-state index contributed by atoms with van der Waals surface area (Å²) < 4.78 is 12.9. The molecule has 0 aliphatic carbocycles. The Bertz CT molecular complexity index is 579. The molecule has 0 aliphatic heterocycles. The molecule has 4 heteroatoms. The van der Waals surface area contributed by atoms with Crippen LogP contribution in [0.5, 0.6) is 0 Å². The van der Waals surface area contributed by atoms with Crippen LogP contribution in [0, 0.1) is 19.7 Å². The quantitative estimate of drug-likeness (QED) is 0.882. The molecule has 18 heavy (non-hydrogen) atoms. The van der Waals surface area contributed by atoms with Gasteiger partial charge in [-0.3, -0.25) is 9.78 Å². The van der Waals surface area contributed by atoms with Crippen LogP contribution >= 0.6 is 0 Å². The minimum Gasteiger partial charge on any atom is -0.320 e. The fraction of sp³-hybridized carbons (Fsp3) is 0.143. The van der Waals surface area contributed by atoms with E-state index in [2.05, 4.69) is 10.3 Å². The molecule has 2 rings (SSSR count). The van der Waals surface area contributed by atoms with Crippen molar-refractivity contribution in [1.82, 2.24) is 4.98 Å². The van der Waals surface area contributed by atoms with Gasteiger partial charge in [-0.25, -0.2) is 4.39 Å². The highest BCUT2D eigenvalue weighted by molar-refractivity contribution is 6.03. The third-order valence-corrected chi connectivity index (χ3v) is 2.58. The van der Waals surface area contributed by atoms with Crippen LogP contribution in [0.3, 0.4) is 0 Å². The van der Waals surface area contributed by atoms with Crippen molar-refractivity contribution in [1.29, 1.82) is 0 Å². The zero-order valence-corrected chi connectivity index (χ0v) is 10.2. The molecule has 0 saturated heterocycles. The van der Waals surface area contributed by atoms with Crippen molar-refractivity contribution >= 4 is 11.6 Å². The van der Waals surface area contributed by atoms with E-state index < -0.39 is 0 Å². The first kappa shape index (κ1) is 12.2. The van der Waals surface area contributed by atoms with E-state index in [4.69, 9.17) is 0 Å². The van der Waals surface area contributed by atoms with Crippen LogP contribution in [0.15, 0.2) is 36.5 Å². The Hall–Kier alpha value is -2.23. The monoisotopic (exact) mass is 244 g/mol. The van der Waals surface area contributed by atoms with Crippen molar-refractivity contribution in [2.45, 2.75) is 13.8 Å². The lowest BCUT2D eigenvalue weighted by Crippen LogP contribution is -2.14. The number of carbonyl (C=O) groups is 1. The molecular weight excluding hydrogens is 231 g/mol. The summed E-state index contributed by atoms with van der Waals surface area (Å²) in [5.41, 5.74) is 2.59. The van der Waals surface area contributed by atoms with Gasteiger partial charge in [0.1, 0.15) is 11.5 Å². The van der Waals surface area contributed by atoms with Crippen LogP contribution in [0.4, 0.5) is 10.1 Å². The topological polar surface area (TPSA) is 42.0 Å². The largest absolute Gasteiger partial charge is 0.320 e. The van der Waals surface area contributed by atoms with E-state index in [1.54, 1.807) is 19.2 Å². The summed E-state index contributed by atoms with van der Waals surface area (Å²) in [4.78, 5) is 15.9. The summed E-state index contributed by atoms with van der Waals surface area (Å²) in [6, 6.07) is 7.70. The smallest absolute Gasteiger partial charge is 0.274 e. The number of halogens is 1. The number of amides is 1. The number of nitrogens with one attached hydrogen (secondary N) is 1. The van der Waals surface area contributed by atoms with Gasteiger partial charge in [0, 0.05) is 11.9 Å². The van der Waals surface area contributed by atoms with Crippen LogP contribution in [0.2, 0.25) is 0 Å². The van der Waals surface area contributed by atoms with E-state index in [9.17, 15) is 9.18 Å². The van der Waals surface area contributed by atoms with Gasteiger partial charge in [-0.05, 0) is 49.2 Å². The van der Waals surface area contributed by atoms with E-state index >= 15 is 0 Å². The Balaban J connectivity index is 2.18. The predicted molar refractivity (Wildman–Crippen MR) is 68.1 cm³/mol. The van der Waals surface area contributed by atoms with Gasteiger partial charge in [-0.2, -0.15) is 0 Å². The minimum absolute atomic E-state index is 0.301. The summed E-state index contributed by atoms with van der Waals surface area (Å²) in [5, 5.41) is 2.71. The highest BCUT2D eigenvalue weighted by atomic mass is 19.1. The van der Waals surface area contributed by atoms with Crippen LogP contribution in [0.25, 0.3) is 0 Å². The predicted octanol–water partition coefficient (Wildman–Crippen LogP) is 3.09. The number of pyridine rings is 1. The van der Waals surface area contributed by atoms with Crippen LogP contribution in [-0.2, 0) is 0 Å². The zero-order valence-electron chi connectivity index (χ0n) is 10.2. The van der Waals surface area contributed by atoms with Gasteiger partial charge in [0.2, 0.25) is 0 Å². The molecule has 3 nitrogen and oxygen atoms in total. The number of carbonyl (C=O) groups excluding carboxylic acids is 1. The average Bonchev–Trinajstić information content (AvgIpc) is 2.33. The number of benzene rings is 1. The Kier molecular flexibility index (Phi) is 3.37. The molecule has 0 bridgehead atoms. The van der Waals surface area contributed by atoms with Crippen molar-refractivity contribution in [2.24, 2.45) is 0 Å². The van der Waals surface area contributed by atoms with Gasteiger partial charge < -0.3 is 5.32 Å². The van der Waals surface area contributed by atoms with Gasteiger partial charge in [0.15, 0.2) is 0 Å². The second-order valence-electron chi connectivity index (χ2n) is 4.13. The Labute approximate surface area is 105 Å². The van der Waals surface area contributed by atoms with Gasteiger partial charge >= 0.3 is 0 Å². The molecule has 0 unspecified atom stereocenters. The normalized spacial score (nSPS) is 10.2. The molecule has 0 aliphatic rings. The van der Waals surface area contributed by atoms with Crippen molar-refractivity contribution in [3.05, 3.63) is 59.2 Å². The van der Waals surface area contributed by atoms with Gasteiger partial charge in [-0.15, -0.1) is 0 Å². The number of hydrogen-bond acceptors (Lipinski definition) is 2. The van der Waals surface area contributed by atoms with E-state index in [1.165, 1.54) is 18.2 Å². The molecule has 0 saturated carbocycles. The molecule has 92 valence electrons. The maximum atomic E-state index is 12.9. The highest BCUT2D eigenvalue weighted by Gasteiger charge is 2.09. The van der Waals surface area contributed by atoms with Crippen LogP contribution < -0.4 is 5.32 Å². The molecular formula is C14H13FN2O. The summed E-state index contributed by atoms with van der Waals surface area (Å²) in [5.74, 6) is -0.622. The number of hydrogen-bond donors (Lipinski definition) is 1. The SMILES string of the molecule is Cc1ccc(C(=O)Nc2ccc(F)cc2C)nc1. The molecule has 2 aromatic rings. The molecule has 1 aromatic carbocycles. The molecule has 0 spiro atoms. The first-order chi connectivity index (χ1) is 8.56. The van der Waals surface area contributed by atoms with Crippen molar-refractivity contribution in [3.63, 3.8) is 0 Å². The third kappa shape index (κ3) is 2.71. The number of aryl methyl sites for hydroxylation is 2. The molecule has 1 heterocycles. The van der Waals surface area contributed by atoms with Gasteiger partial charge in [-0.1, -0.05) is 6.07 Å². The van der Waals surface area contributed by atoms with Crippen molar-refractivity contribution < 1.29 is 9.18 Å². The molecule has 0 atom stereocenters. The fourth-order valence-electron chi connectivity index (χ4n) is 1.56.